The van der Waals surface area contributed by atoms with Gasteiger partial charge in [-0.15, -0.1) is 0 Å². The molecule has 124 valence electrons. The van der Waals surface area contributed by atoms with E-state index >= 15 is 0 Å². The second-order valence-electron chi connectivity index (χ2n) is 5.89. The lowest BCUT2D eigenvalue weighted by Gasteiger charge is -2.31. The van der Waals surface area contributed by atoms with Crippen LogP contribution in [-0.4, -0.2) is 29.5 Å². The minimum atomic E-state index is -2.87. The Bertz CT molecular complexity index is 621. The molecule has 3 rings (SSSR count). The molecule has 0 aromatic heterocycles. The molecule has 2 aliphatic heterocycles. The van der Waals surface area contributed by atoms with E-state index in [1.807, 2.05) is 4.90 Å². The number of hydrogen-bond acceptors (Lipinski definition) is 2. The standard InChI is InChI=1S/C17H18BrF2NO2/c18-12-5-8-15(23-17(19)20)11(10-12)4-9-16(22)21-13-2-1-3-14(21)7-6-13/h1-2,5,8,10,13-14,17H,3-4,6-7,9H2. The smallest absolute Gasteiger partial charge is 0.387 e. The number of alkyl halides is 2. The zero-order valence-corrected chi connectivity index (χ0v) is 14.1. The van der Waals surface area contributed by atoms with Crippen molar-refractivity contribution in [2.45, 2.75) is 50.8 Å². The van der Waals surface area contributed by atoms with Gasteiger partial charge >= 0.3 is 6.61 Å². The fraction of sp³-hybridized carbons (Fsp3) is 0.471. The van der Waals surface area contributed by atoms with Gasteiger partial charge in [-0.3, -0.25) is 4.79 Å². The zero-order chi connectivity index (χ0) is 16.4. The third kappa shape index (κ3) is 3.74. The molecule has 2 unspecified atom stereocenters. The molecule has 3 nitrogen and oxygen atoms in total. The molecule has 2 aliphatic rings. The van der Waals surface area contributed by atoms with Crippen LogP contribution in [0.1, 0.15) is 31.2 Å². The summed E-state index contributed by atoms with van der Waals surface area (Å²) in [5, 5.41) is 0. The predicted molar refractivity (Wildman–Crippen MR) is 86.5 cm³/mol. The van der Waals surface area contributed by atoms with Crippen LogP contribution >= 0.6 is 15.9 Å². The fourth-order valence-corrected chi connectivity index (χ4v) is 3.85. The number of fused-ring (bicyclic) bond motifs is 2. The van der Waals surface area contributed by atoms with Gasteiger partial charge in [0, 0.05) is 16.9 Å². The fourth-order valence-electron chi connectivity index (χ4n) is 3.44. The minimum absolute atomic E-state index is 0.0878. The molecule has 1 amide bonds. The summed E-state index contributed by atoms with van der Waals surface area (Å²) < 4.78 is 30.3. The summed E-state index contributed by atoms with van der Waals surface area (Å²) in [6.07, 6.45) is 7.92. The third-order valence-corrected chi connectivity index (χ3v) is 4.94. The Morgan fingerprint density at radius 1 is 1.39 bits per heavy atom. The first-order valence-corrected chi connectivity index (χ1v) is 8.55. The van der Waals surface area contributed by atoms with Crippen LogP contribution in [-0.2, 0) is 11.2 Å². The molecule has 1 fully saturated rings. The summed E-state index contributed by atoms with van der Waals surface area (Å²) in [4.78, 5) is 14.5. The first-order chi connectivity index (χ1) is 11.0. The molecule has 0 spiro atoms. The lowest BCUT2D eigenvalue weighted by atomic mass is 10.1. The van der Waals surface area contributed by atoms with E-state index < -0.39 is 6.61 Å². The summed E-state index contributed by atoms with van der Waals surface area (Å²) in [6.45, 7) is -2.87. The molecule has 2 bridgehead atoms. The number of aryl methyl sites for hydroxylation is 1. The van der Waals surface area contributed by atoms with Crippen LogP contribution in [0.2, 0.25) is 0 Å². The van der Waals surface area contributed by atoms with E-state index in [9.17, 15) is 13.6 Å². The second-order valence-corrected chi connectivity index (χ2v) is 6.81. The van der Waals surface area contributed by atoms with Crippen LogP contribution in [0.25, 0.3) is 0 Å². The van der Waals surface area contributed by atoms with Crippen LogP contribution in [0, 0.1) is 0 Å². The van der Waals surface area contributed by atoms with Crippen molar-refractivity contribution in [1.29, 1.82) is 0 Å². The minimum Gasteiger partial charge on any atom is -0.435 e. The van der Waals surface area contributed by atoms with Crippen molar-refractivity contribution in [3.05, 3.63) is 40.4 Å². The van der Waals surface area contributed by atoms with Gasteiger partial charge in [-0.1, -0.05) is 28.1 Å². The van der Waals surface area contributed by atoms with E-state index in [0.717, 1.165) is 23.7 Å². The van der Waals surface area contributed by atoms with Crippen molar-refractivity contribution in [3.8, 4) is 5.75 Å². The highest BCUT2D eigenvalue weighted by molar-refractivity contribution is 9.10. The van der Waals surface area contributed by atoms with Crippen molar-refractivity contribution in [1.82, 2.24) is 4.90 Å². The van der Waals surface area contributed by atoms with Gasteiger partial charge < -0.3 is 9.64 Å². The number of halogens is 3. The summed E-state index contributed by atoms with van der Waals surface area (Å²) in [5.41, 5.74) is 0.618. The summed E-state index contributed by atoms with van der Waals surface area (Å²) in [7, 11) is 0. The van der Waals surface area contributed by atoms with Crippen molar-refractivity contribution in [3.63, 3.8) is 0 Å². The van der Waals surface area contributed by atoms with Gasteiger partial charge in [0.2, 0.25) is 5.91 Å². The molecule has 1 aromatic carbocycles. The highest BCUT2D eigenvalue weighted by Crippen LogP contribution is 2.33. The Kier molecular flexibility index (Phi) is 4.99. The van der Waals surface area contributed by atoms with Crippen LogP contribution in [0.15, 0.2) is 34.8 Å². The SMILES string of the molecule is O=C(CCc1cc(Br)ccc1OC(F)F)N1C2C=CCC1CC2. The van der Waals surface area contributed by atoms with Crippen LogP contribution in [0.4, 0.5) is 8.78 Å². The number of nitrogens with zero attached hydrogens (tertiary/aromatic N) is 1. The Balaban J connectivity index is 1.67. The van der Waals surface area contributed by atoms with Crippen molar-refractivity contribution < 1.29 is 18.3 Å². The van der Waals surface area contributed by atoms with Crippen LogP contribution in [0.5, 0.6) is 5.75 Å². The molecule has 2 atom stereocenters. The highest BCUT2D eigenvalue weighted by atomic mass is 79.9. The number of amides is 1. The molecular formula is C17H18BrF2NO2. The van der Waals surface area contributed by atoms with Crippen molar-refractivity contribution in [2.24, 2.45) is 0 Å². The lowest BCUT2D eigenvalue weighted by Crippen LogP contribution is -2.42. The van der Waals surface area contributed by atoms with E-state index in [-0.39, 0.29) is 17.7 Å². The van der Waals surface area contributed by atoms with Crippen molar-refractivity contribution >= 4 is 21.8 Å². The van der Waals surface area contributed by atoms with Gasteiger partial charge in [0.1, 0.15) is 5.75 Å². The van der Waals surface area contributed by atoms with E-state index in [0.29, 0.717) is 24.4 Å². The maximum Gasteiger partial charge on any atom is 0.387 e. The third-order valence-electron chi connectivity index (χ3n) is 4.45. The van der Waals surface area contributed by atoms with Gasteiger partial charge in [-0.05, 0) is 49.4 Å². The predicted octanol–water partition coefficient (Wildman–Crippen LogP) is 4.30. The molecule has 23 heavy (non-hydrogen) atoms. The van der Waals surface area contributed by atoms with E-state index in [2.05, 4.69) is 32.8 Å². The largest absolute Gasteiger partial charge is 0.435 e. The van der Waals surface area contributed by atoms with Gasteiger partial charge in [0.15, 0.2) is 0 Å². The Labute approximate surface area is 142 Å². The average molecular weight is 386 g/mol. The first kappa shape index (κ1) is 16.4. The normalized spacial score (nSPS) is 22.7. The van der Waals surface area contributed by atoms with Crippen LogP contribution < -0.4 is 4.74 Å². The first-order valence-electron chi connectivity index (χ1n) is 7.75. The van der Waals surface area contributed by atoms with Gasteiger partial charge in [-0.2, -0.15) is 8.78 Å². The van der Waals surface area contributed by atoms with Crippen molar-refractivity contribution in [2.75, 3.05) is 0 Å². The number of rotatable bonds is 5. The molecule has 0 aliphatic carbocycles. The van der Waals surface area contributed by atoms with E-state index in [4.69, 9.17) is 0 Å². The zero-order valence-electron chi connectivity index (χ0n) is 12.6. The molecule has 0 radical (unpaired) electrons. The number of carbonyl (C=O) groups is 1. The van der Waals surface area contributed by atoms with Crippen LogP contribution in [0.3, 0.4) is 0 Å². The summed E-state index contributed by atoms with van der Waals surface area (Å²) in [5.74, 6) is 0.224. The number of benzene rings is 1. The van der Waals surface area contributed by atoms with Gasteiger partial charge in [0.05, 0.1) is 6.04 Å². The highest BCUT2D eigenvalue weighted by Gasteiger charge is 2.36. The molecule has 6 heteroatoms. The summed E-state index contributed by atoms with van der Waals surface area (Å²) >= 11 is 3.33. The lowest BCUT2D eigenvalue weighted by molar-refractivity contribution is -0.133. The van der Waals surface area contributed by atoms with Gasteiger partial charge in [0.25, 0.3) is 0 Å². The average Bonchev–Trinajstić information content (AvgIpc) is 2.76. The quantitative estimate of drug-likeness (QED) is 0.707. The Morgan fingerprint density at radius 3 is 2.96 bits per heavy atom. The topological polar surface area (TPSA) is 29.5 Å². The van der Waals surface area contributed by atoms with E-state index in [1.165, 1.54) is 6.07 Å². The molecule has 0 N–H and O–H groups in total. The maximum atomic E-state index is 12.5. The molecule has 1 saturated heterocycles. The Morgan fingerprint density at radius 2 is 2.22 bits per heavy atom. The Hall–Kier alpha value is -1.43. The monoisotopic (exact) mass is 385 g/mol. The summed E-state index contributed by atoms with van der Waals surface area (Å²) in [6, 6.07) is 5.40. The van der Waals surface area contributed by atoms with Gasteiger partial charge in [-0.25, -0.2) is 0 Å². The van der Waals surface area contributed by atoms with E-state index in [1.54, 1.807) is 12.1 Å². The number of ether oxygens (including phenoxy) is 1. The number of hydrogen-bond donors (Lipinski definition) is 0. The molecule has 1 aromatic rings. The maximum absolute atomic E-state index is 12.5. The molecule has 0 saturated carbocycles. The molecular weight excluding hydrogens is 368 g/mol. The second kappa shape index (κ2) is 6.99. The molecule has 2 heterocycles. The number of carbonyl (C=O) groups excluding carboxylic acids is 1.